The molecular weight excluding hydrogens is 438 g/mol. The molecule has 0 N–H and O–H groups in total. The van der Waals surface area contributed by atoms with Gasteiger partial charge in [-0.2, -0.15) is 0 Å². The summed E-state index contributed by atoms with van der Waals surface area (Å²) in [4.78, 5) is 16.0. The Morgan fingerprint density at radius 2 is 1.50 bits per heavy atom. The fourth-order valence-electron chi connectivity index (χ4n) is 4.94. The molecule has 0 heterocycles. The molecule has 0 saturated carbocycles. The van der Waals surface area contributed by atoms with E-state index < -0.39 is 0 Å². The average molecular weight is 466 g/mol. The molecule has 0 bridgehead atoms. The normalized spacial score (nSPS) is 13.0. The van der Waals surface area contributed by atoms with Crippen LogP contribution in [-0.4, -0.2) is 16.8 Å². The number of rotatable bonds is 6. The molecule has 170 valence electrons. The van der Waals surface area contributed by atoms with Crippen LogP contribution in [0, 0.1) is 6.92 Å². The molecule has 0 radical (unpaired) electrons. The summed E-state index contributed by atoms with van der Waals surface area (Å²) in [6.45, 7) is 2.70. The fourth-order valence-corrected chi connectivity index (χ4v) is 5.13. The van der Waals surface area contributed by atoms with Crippen molar-refractivity contribution < 1.29 is 4.79 Å². The van der Waals surface area contributed by atoms with Gasteiger partial charge in [0, 0.05) is 17.6 Å². The van der Waals surface area contributed by atoms with E-state index in [4.69, 9.17) is 11.6 Å². The largest absolute Gasteiger partial charge is 0.334 e. The van der Waals surface area contributed by atoms with Crippen molar-refractivity contribution in [3.63, 3.8) is 0 Å². The van der Waals surface area contributed by atoms with Crippen LogP contribution in [0.4, 0.5) is 0 Å². The number of aryl methyl sites for hydroxylation is 1. The first-order chi connectivity index (χ1) is 16.6. The van der Waals surface area contributed by atoms with Crippen molar-refractivity contribution in [2.75, 3.05) is 0 Å². The van der Waals surface area contributed by atoms with Crippen molar-refractivity contribution in [3.8, 4) is 11.1 Å². The van der Waals surface area contributed by atoms with Gasteiger partial charge in [0.1, 0.15) is 0 Å². The van der Waals surface area contributed by atoms with Crippen LogP contribution >= 0.6 is 11.6 Å². The second-order valence-electron chi connectivity index (χ2n) is 9.18. The zero-order chi connectivity index (χ0) is 23.5. The van der Waals surface area contributed by atoms with Crippen molar-refractivity contribution in [1.82, 2.24) is 4.90 Å². The van der Waals surface area contributed by atoms with E-state index in [1.807, 2.05) is 36.4 Å². The van der Waals surface area contributed by atoms with Gasteiger partial charge in [-0.05, 0) is 65.3 Å². The second kappa shape index (κ2) is 9.87. The lowest BCUT2D eigenvalue weighted by molar-refractivity contribution is -0.133. The third kappa shape index (κ3) is 4.93. The lowest BCUT2D eigenvalue weighted by atomic mass is 9.97. The summed E-state index contributed by atoms with van der Waals surface area (Å²) >= 11 is 6.37. The Morgan fingerprint density at radius 1 is 0.853 bits per heavy atom. The number of hydrogen-bond donors (Lipinski definition) is 0. The first-order valence-corrected chi connectivity index (χ1v) is 12.2. The van der Waals surface area contributed by atoms with Crippen LogP contribution in [0.1, 0.15) is 27.8 Å². The number of nitrogens with zero attached hydrogens (tertiary/aromatic N) is 1. The highest BCUT2D eigenvalue weighted by molar-refractivity contribution is 6.30. The van der Waals surface area contributed by atoms with Gasteiger partial charge in [0.15, 0.2) is 0 Å². The summed E-state index contributed by atoms with van der Waals surface area (Å²) in [5.41, 5.74) is 8.20. The van der Waals surface area contributed by atoms with E-state index in [0.29, 0.717) is 18.0 Å². The number of fused-ring (bicyclic) bond motifs is 1. The molecule has 0 atom stereocenters. The van der Waals surface area contributed by atoms with Crippen LogP contribution in [0.3, 0.4) is 0 Å². The van der Waals surface area contributed by atoms with Gasteiger partial charge in [0.2, 0.25) is 5.91 Å². The number of halogens is 1. The maximum atomic E-state index is 13.9. The molecule has 3 heteroatoms. The molecule has 34 heavy (non-hydrogen) atoms. The third-order valence-electron chi connectivity index (χ3n) is 6.76. The zero-order valence-corrected chi connectivity index (χ0v) is 20.1. The number of hydrogen-bond acceptors (Lipinski definition) is 1. The first-order valence-electron chi connectivity index (χ1n) is 11.8. The molecule has 4 aromatic rings. The Bertz CT molecular complexity index is 1270. The van der Waals surface area contributed by atoms with Gasteiger partial charge in [-0.15, -0.1) is 0 Å². The van der Waals surface area contributed by atoms with Gasteiger partial charge in [0.05, 0.1) is 6.42 Å². The Labute approximate surface area is 206 Å². The van der Waals surface area contributed by atoms with E-state index in [1.54, 1.807) is 0 Å². The molecule has 0 spiro atoms. The molecule has 0 aliphatic heterocycles. The van der Waals surface area contributed by atoms with Gasteiger partial charge < -0.3 is 4.90 Å². The lowest BCUT2D eigenvalue weighted by Crippen LogP contribution is -2.41. The minimum atomic E-state index is 0.137. The van der Waals surface area contributed by atoms with Crippen LogP contribution in [0.15, 0.2) is 97.1 Å². The van der Waals surface area contributed by atoms with Gasteiger partial charge in [0.25, 0.3) is 0 Å². The number of carbonyl (C=O) groups is 1. The van der Waals surface area contributed by atoms with Gasteiger partial charge in [-0.1, -0.05) is 102 Å². The van der Waals surface area contributed by atoms with E-state index in [9.17, 15) is 4.79 Å². The van der Waals surface area contributed by atoms with E-state index in [0.717, 1.165) is 35.1 Å². The number of benzene rings is 4. The molecule has 1 amide bonds. The predicted molar refractivity (Wildman–Crippen MR) is 140 cm³/mol. The Hall–Kier alpha value is -3.36. The summed E-state index contributed by atoms with van der Waals surface area (Å²) in [6, 6.07) is 33.3. The third-order valence-corrected chi connectivity index (χ3v) is 6.99. The fraction of sp³-hybridized carbons (Fsp3) is 0.194. The van der Waals surface area contributed by atoms with E-state index in [1.165, 1.54) is 16.7 Å². The topological polar surface area (TPSA) is 20.3 Å². The SMILES string of the molecule is Cc1ccc(CN(C(=O)Cc2cc(Cl)ccc2-c2ccccc2)C2Cc3ccccc3C2)cc1. The van der Waals surface area contributed by atoms with Crippen molar-refractivity contribution in [3.05, 3.63) is 130 Å². The van der Waals surface area contributed by atoms with Crippen LogP contribution in [0.25, 0.3) is 11.1 Å². The van der Waals surface area contributed by atoms with Gasteiger partial charge in [-0.3, -0.25) is 4.79 Å². The highest BCUT2D eigenvalue weighted by atomic mass is 35.5. The molecule has 5 rings (SSSR count). The minimum Gasteiger partial charge on any atom is -0.334 e. The molecule has 1 aliphatic rings. The molecule has 1 aliphatic carbocycles. The van der Waals surface area contributed by atoms with Crippen LogP contribution in [0.2, 0.25) is 5.02 Å². The Morgan fingerprint density at radius 3 is 2.18 bits per heavy atom. The van der Waals surface area contributed by atoms with E-state index >= 15 is 0 Å². The maximum absolute atomic E-state index is 13.9. The summed E-state index contributed by atoms with van der Waals surface area (Å²) in [7, 11) is 0. The summed E-state index contributed by atoms with van der Waals surface area (Å²) in [5.74, 6) is 0.137. The zero-order valence-electron chi connectivity index (χ0n) is 19.4. The van der Waals surface area contributed by atoms with Crippen LogP contribution < -0.4 is 0 Å². The van der Waals surface area contributed by atoms with Crippen molar-refractivity contribution in [1.29, 1.82) is 0 Å². The molecule has 4 aromatic carbocycles. The number of amides is 1. The Kier molecular flexibility index (Phi) is 6.51. The Balaban J connectivity index is 1.45. The van der Waals surface area contributed by atoms with E-state index in [2.05, 4.69) is 72.5 Å². The summed E-state index contributed by atoms with van der Waals surface area (Å²) in [5, 5.41) is 0.654. The van der Waals surface area contributed by atoms with Gasteiger partial charge in [-0.25, -0.2) is 0 Å². The van der Waals surface area contributed by atoms with Gasteiger partial charge >= 0.3 is 0 Å². The van der Waals surface area contributed by atoms with Crippen LogP contribution in [-0.2, 0) is 30.6 Å². The lowest BCUT2D eigenvalue weighted by Gasteiger charge is -2.30. The molecular formula is C31H28ClNO. The number of carbonyl (C=O) groups excluding carboxylic acids is 1. The summed E-state index contributed by atoms with van der Waals surface area (Å²) < 4.78 is 0. The smallest absolute Gasteiger partial charge is 0.227 e. The first kappa shape index (κ1) is 22.4. The molecule has 0 aromatic heterocycles. The highest BCUT2D eigenvalue weighted by Crippen LogP contribution is 2.30. The van der Waals surface area contributed by atoms with E-state index in [-0.39, 0.29) is 11.9 Å². The van der Waals surface area contributed by atoms with Crippen molar-refractivity contribution in [2.45, 2.75) is 38.8 Å². The molecule has 0 saturated heterocycles. The monoisotopic (exact) mass is 465 g/mol. The quantitative estimate of drug-likeness (QED) is 0.298. The molecule has 0 unspecified atom stereocenters. The molecule has 0 fully saturated rings. The standard InChI is InChI=1S/C31H28ClNO/c1-22-11-13-23(14-12-22)21-33(29-18-25-9-5-6-10-26(25)19-29)31(34)20-27-17-28(32)15-16-30(27)24-7-3-2-4-8-24/h2-17,29H,18-21H2,1H3. The van der Waals surface area contributed by atoms with Crippen molar-refractivity contribution >= 4 is 17.5 Å². The predicted octanol–water partition coefficient (Wildman–Crippen LogP) is 7.05. The minimum absolute atomic E-state index is 0.137. The summed E-state index contributed by atoms with van der Waals surface area (Å²) in [6.07, 6.45) is 2.12. The molecule has 2 nitrogen and oxygen atoms in total. The van der Waals surface area contributed by atoms with Crippen LogP contribution in [0.5, 0.6) is 0 Å². The van der Waals surface area contributed by atoms with Crippen molar-refractivity contribution in [2.24, 2.45) is 0 Å². The maximum Gasteiger partial charge on any atom is 0.227 e. The second-order valence-corrected chi connectivity index (χ2v) is 9.62. The average Bonchev–Trinajstić information content (AvgIpc) is 3.28. The highest BCUT2D eigenvalue weighted by Gasteiger charge is 2.30.